The van der Waals surface area contributed by atoms with Crippen LogP contribution in [-0.4, -0.2) is 39.1 Å². The third-order valence-corrected chi connectivity index (χ3v) is 6.89. The number of nitrogens with one attached hydrogen (secondary N) is 3. The first kappa shape index (κ1) is 23.6. The lowest BCUT2D eigenvalue weighted by atomic mass is 10.1. The summed E-state index contributed by atoms with van der Waals surface area (Å²) < 4.78 is 27.0. The molecule has 0 bridgehead atoms. The normalized spacial score (nSPS) is 14.2. The molecule has 0 atom stereocenters. The molecule has 0 heterocycles. The Labute approximate surface area is 187 Å². The van der Waals surface area contributed by atoms with E-state index in [0.717, 1.165) is 25.7 Å². The van der Waals surface area contributed by atoms with Crippen molar-refractivity contribution in [1.29, 1.82) is 0 Å². The van der Waals surface area contributed by atoms with E-state index in [1.807, 2.05) is 0 Å². The van der Waals surface area contributed by atoms with E-state index in [-0.39, 0.29) is 41.5 Å². The Morgan fingerprint density at radius 3 is 2.06 bits per heavy atom. The molecule has 0 aliphatic heterocycles. The molecular formula is C23H27N3O5S. The van der Waals surface area contributed by atoms with Crippen molar-refractivity contribution in [3.63, 3.8) is 0 Å². The fourth-order valence-electron chi connectivity index (χ4n) is 3.55. The maximum absolute atomic E-state index is 12.3. The summed E-state index contributed by atoms with van der Waals surface area (Å²) in [6, 6.07) is 12.2. The molecule has 1 aliphatic carbocycles. The van der Waals surface area contributed by atoms with Crippen LogP contribution in [0, 0.1) is 5.92 Å². The second-order valence-electron chi connectivity index (χ2n) is 7.78. The molecule has 0 aromatic heterocycles. The number of ketones is 1. The van der Waals surface area contributed by atoms with E-state index in [9.17, 15) is 22.8 Å². The standard InChI is InChI=1S/C23H27N3O5S/c1-16(27)17-8-12-21(13-9-17)32(30,31)25-15-14-24-22(28)19-6-10-20(11-7-19)26-23(29)18-4-2-3-5-18/h6-13,18,25H,2-5,14-15H2,1H3,(H,24,28)(H,26,29). The highest BCUT2D eigenvalue weighted by atomic mass is 32.2. The van der Waals surface area contributed by atoms with Crippen LogP contribution in [0.5, 0.6) is 0 Å². The van der Waals surface area contributed by atoms with Gasteiger partial charge in [0.15, 0.2) is 5.78 Å². The molecule has 2 amide bonds. The molecule has 32 heavy (non-hydrogen) atoms. The minimum atomic E-state index is -3.74. The summed E-state index contributed by atoms with van der Waals surface area (Å²) in [6.07, 6.45) is 4.00. The van der Waals surface area contributed by atoms with Gasteiger partial charge in [-0.05, 0) is 56.2 Å². The van der Waals surface area contributed by atoms with Gasteiger partial charge in [-0.2, -0.15) is 0 Å². The molecule has 170 valence electrons. The van der Waals surface area contributed by atoms with Crippen LogP contribution in [0.1, 0.15) is 53.3 Å². The largest absolute Gasteiger partial charge is 0.351 e. The van der Waals surface area contributed by atoms with Crippen LogP contribution in [-0.2, 0) is 14.8 Å². The summed E-state index contributed by atoms with van der Waals surface area (Å²) in [5, 5.41) is 5.53. The fraction of sp³-hybridized carbons (Fsp3) is 0.348. The Morgan fingerprint density at radius 1 is 0.875 bits per heavy atom. The smallest absolute Gasteiger partial charge is 0.251 e. The average Bonchev–Trinajstić information content (AvgIpc) is 3.32. The number of benzene rings is 2. The number of amides is 2. The third kappa shape index (κ3) is 6.24. The van der Waals surface area contributed by atoms with E-state index in [2.05, 4.69) is 15.4 Å². The molecule has 0 unspecified atom stereocenters. The summed E-state index contributed by atoms with van der Waals surface area (Å²) in [6.45, 7) is 1.52. The van der Waals surface area contributed by atoms with Crippen LogP contribution in [0.4, 0.5) is 5.69 Å². The Balaban J connectivity index is 1.45. The predicted octanol–water partition coefficient (Wildman–Crippen LogP) is 2.73. The zero-order chi connectivity index (χ0) is 23.1. The lowest BCUT2D eigenvalue weighted by Gasteiger charge is -2.11. The van der Waals surface area contributed by atoms with Gasteiger partial charge in [-0.1, -0.05) is 25.0 Å². The Bertz CT molecular complexity index is 1070. The van der Waals surface area contributed by atoms with Crippen LogP contribution >= 0.6 is 0 Å². The summed E-state index contributed by atoms with van der Waals surface area (Å²) in [5.41, 5.74) is 1.48. The highest BCUT2D eigenvalue weighted by Crippen LogP contribution is 2.26. The number of Topliss-reactive ketones (excluding diaryl/α,β-unsaturated/α-hetero) is 1. The first-order valence-electron chi connectivity index (χ1n) is 10.6. The van der Waals surface area contributed by atoms with Crippen LogP contribution in [0.2, 0.25) is 0 Å². The van der Waals surface area contributed by atoms with Gasteiger partial charge in [0.2, 0.25) is 15.9 Å². The van der Waals surface area contributed by atoms with Crippen molar-refractivity contribution in [2.24, 2.45) is 5.92 Å². The lowest BCUT2D eigenvalue weighted by molar-refractivity contribution is -0.119. The Kier molecular flexibility index (Phi) is 7.76. The summed E-state index contributed by atoms with van der Waals surface area (Å²) in [4.78, 5) is 35.8. The maximum atomic E-state index is 12.3. The zero-order valence-corrected chi connectivity index (χ0v) is 18.7. The van der Waals surface area contributed by atoms with Crippen LogP contribution in [0.25, 0.3) is 0 Å². The van der Waals surface area contributed by atoms with Crippen molar-refractivity contribution in [3.8, 4) is 0 Å². The van der Waals surface area contributed by atoms with Crippen LogP contribution < -0.4 is 15.4 Å². The van der Waals surface area contributed by atoms with Crippen molar-refractivity contribution in [2.45, 2.75) is 37.5 Å². The van der Waals surface area contributed by atoms with Gasteiger partial charge in [0.25, 0.3) is 5.91 Å². The molecule has 0 radical (unpaired) electrons. The second kappa shape index (κ2) is 10.5. The topological polar surface area (TPSA) is 121 Å². The van der Waals surface area contributed by atoms with E-state index in [1.54, 1.807) is 24.3 Å². The number of rotatable bonds is 9. The SMILES string of the molecule is CC(=O)c1ccc(S(=O)(=O)NCCNC(=O)c2ccc(NC(=O)C3CCCC3)cc2)cc1. The van der Waals surface area contributed by atoms with Gasteiger partial charge in [0.1, 0.15) is 0 Å². The molecule has 2 aromatic carbocycles. The molecule has 0 spiro atoms. The minimum Gasteiger partial charge on any atom is -0.351 e. The molecular weight excluding hydrogens is 430 g/mol. The molecule has 3 N–H and O–H groups in total. The molecule has 9 heteroatoms. The van der Waals surface area contributed by atoms with Gasteiger partial charge in [0.05, 0.1) is 4.90 Å². The van der Waals surface area contributed by atoms with Gasteiger partial charge in [-0.3, -0.25) is 14.4 Å². The fourth-order valence-corrected chi connectivity index (χ4v) is 4.58. The molecule has 2 aromatic rings. The molecule has 1 saturated carbocycles. The van der Waals surface area contributed by atoms with Gasteiger partial charge in [-0.25, -0.2) is 13.1 Å². The zero-order valence-electron chi connectivity index (χ0n) is 17.9. The lowest BCUT2D eigenvalue weighted by Crippen LogP contribution is -2.34. The summed E-state index contributed by atoms with van der Waals surface area (Å²) >= 11 is 0. The van der Waals surface area contributed by atoms with E-state index >= 15 is 0 Å². The second-order valence-corrected chi connectivity index (χ2v) is 9.55. The highest BCUT2D eigenvalue weighted by molar-refractivity contribution is 7.89. The first-order valence-corrected chi connectivity index (χ1v) is 12.0. The predicted molar refractivity (Wildman–Crippen MR) is 121 cm³/mol. The summed E-state index contributed by atoms with van der Waals surface area (Å²) in [7, 11) is -3.74. The van der Waals surface area contributed by atoms with Gasteiger partial charge in [-0.15, -0.1) is 0 Å². The van der Waals surface area contributed by atoms with Gasteiger partial charge in [0, 0.05) is 35.8 Å². The minimum absolute atomic E-state index is 0.0120. The van der Waals surface area contributed by atoms with E-state index < -0.39 is 10.0 Å². The van der Waals surface area contributed by atoms with E-state index in [4.69, 9.17) is 0 Å². The van der Waals surface area contributed by atoms with Gasteiger partial charge < -0.3 is 10.6 Å². The van der Waals surface area contributed by atoms with E-state index in [0.29, 0.717) is 16.8 Å². The number of carbonyl (C=O) groups is 3. The molecule has 1 aliphatic rings. The van der Waals surface area contributed by atoms with Crippen molar-refractivity contribution < 1.29 is 22.8 Å². The Hall–Kier alpha value is -3.04. The van der Waals surface area contributed by atoms with Crippen molar-refractivity contribution in [2.75, 3.05) is 18.4 Å². The quantitative estimate of drug-likeness (QED) is 0.395. The molecule has 3 rings (SSSR count). The number of sulfonamides is 1. The van der Waals surface area contributed by atoms with Crippen molar-refractivity contribution in [3.05, 3.63) is 59.7 Å². The molecule has 1 fully saturated rings. The number of anilines is 1. The summed E-state index contributed by atoms with van der Waals surface area (Å²) in [5.74, 6) is -0.408. The monoisotopic (exact) mass is 457 g/mol. The van der Waals surface area contributed by atoms with Crippen molar-refractivity contribution >= 4 is 33.3 Å². The molecule has 0 saturated heterocycles. The number of carbonyl (C=O) groups excluding carboxylic acids is 3. The third-order valence-electron chi connectivity index (χ3n) is 5.41. The van der Waals surface area contributed by atoms with Crippen LogP contribution in [0.15, 0.2) is 53.4 Å². The highest BCUT2D eigenvalue weighted by Gasteiger charge is 2.22. The van der Waals surface area contributed by atoms with Gasteiger partial charge >= 0.3 is 0 Å². The Morgan fingerprint density at radius 2 is 1.47 bits per heavy atom. The maximum Gasteiger partial charge on any atom is 0.251 e. The average molecular weight is 458 g/mol. The van der Waals surface area contributed by atoms with E-state index in [1.165, 1.54) is 31.2 Å². The first-order chi connectivity index (χ1) is 15.3. The van der Waals surface area contributed by atoms with Crippen LogP contribution in [0.3, 0.4) is 0 Å². The molecule has 8 nitrogen and oxygen atoms in total. The van der Waals surface area contributed by atoms with Crippen molar-refractivity contribution in [1.82, 2.24) is 10.0 Å². The number of hydrogen-bond acceptors (Lipinski definition) is 5. The number of hydrogen-bond donors (Lipinski definition) is 3.